The molecule has 0 spiro atoms. The minimum atomic E-state index is -0.330. The number of nitrogens with zero attached hydrogens (tertiary/aromatic N) is 3. The summed E-state index contributed by atoms with van der Waals surface area (Å²) in [5, 5.41) is 6.30. The first-order valence-corrected chi connectivity index (χ1v) is 9.04. The molecule has 0 saturated carbocycles. The molecule has 3 heterocycles. The fraction of sp³-hybridized carbons (Fsp3) is 0.588. The van der Waals surface area contributed by atoms with E-state index in [-0.39, 0.29) is 11.3 Å². The number of aromatic nitrogens is 2. The predicted molar refractivity (Wildman–Crippen MR) is 94.8 cm³/mol. The van der Waals surface area contributed by atoms with Crippen molar-refractivity contribution in [2.45, 2.75) is 33.6 Å². The highest BCUT2D eigenvalue weighted by Crippen LogP contribution is 2.29. The highest BCUT2D eigenvalue weighted by Gasteiger charge is 2.25. The quantitative estimate of drug-likeness (QED) is 0.938. The molecule has 23 heavy (non-hydrogen) atoms. The van der Waals surface area contributed by atoms with Crippen LogP contribution in [-0.4, -0.2) is 35.5 Å². The van der Waals surface area contributed by atoms with Gasteiger partial charge in [0, 0.05) is 25.0 Å². The molecule has 1 unspecified atom stereocenters. The Balaban J connectivity index is 1.67. The molecule has 1 amide bonds. The Bertz CT molecular complexity index is 691. The van der Waals surface area contributed by atoms with Crippen LogP contribution in [0.2, 0.25) is 0 Å². The van der Waals surface area contributed by atoms with Crippen LogP contribution in [0.1, 0.15) is 33.6 Å². The Morgan fingerprint density at radius 2 is 2.26 bits per heavy atom. The summed E-state index contributed by atoms with van der Waals surface area (Å²) in [6.07, 6.45) is 3.93. The second-order valence-electron chi connectivity index (χ2n) is 7.25. The number of piperidine rings is 1. The highest BCUT2D eigenvalue weighted by molar-refractivity contribution is 7.16. The third kappa shape index (κ3) is 3.63. The zero-order chi connectivity index (χ0) is 16.4. The summed E-state index contributed by atoms with van der Waals surface area (Å²) in [4.78, 5) is 24.3. The zero-order valence-corrected chi connectivity index (χ0v) is 14.8. The summed E-state index contributed by atoms with van der Waals surface area (Å²) >= 11 is 1.65. The van der Waals surface area contributed by atoms with E-state index in [1.807, 2.05) is 20.8 Å². The molecule has 0 aromatic carbocycles. The van der Waals surface area contributed by atoms with E-state index in [1.54, 1.807) is 17.7 Å². The van der Waals surface area contributed by atoms with Gasteiger partial charge in [-0.25, -0.2) is 9.97 Å². The van der Waals surface area contributed by atoms with Gasteiger partial charge in [0.05, 0.1) is 5.39 Å². The Kier molecular flexibility index (Phi) is 4.53. The molecule has 1 atom stereocenters. The standard InChI is InChI=1S/C17H24N4OS/c1-17(2,3)16(22)18-9-12-5-4-7-21(10-12)14-13-6-8-23-15(13)20-11-19-14/h6,8,11-12H,4-5,7,9-10H2,1-3H3,(H,18,22). The van der Waals surface area contributed by atoms with Gasteiger partial charge in [-0.3, -0.25) is 4.79 Å². The first kappa shape index (κ1) is 16.2. The van der Waals surface area contributed by atoms with E-state index in [4.69, 9.17) is 0 Å². The van der Waals surface area contributed by atoms with E-state index < -0.39 is 0 Å². The number of amides is 1. The van der Waals surface area contributed by atoms with Crippen molar-refractivity contribution < 1.29 is 4.79 Å². The summed E-state index contributed by atoms with van der Waals surface area (Å²) in [5.41, 5.74) is -0.330. The molecule has 5 nitrogen and oxygen atoms in total. The molecule has 1 aliphatic heterocycles. The van der Waals surface area contributed by atoms with Crippen molar-refractivity contribution >= 4 is 33.3 Å². The number of hydrogen-bond acceptors (Lipinski definition) is 5. The molecule has 1 aliphatic rings. The normalized spacial score (nSPS) is 19.1. The second kappa shape index (κ2) is 6.43. The van der Waals surface area contributed by atoms with Crippen LogP contribution >= 0.6 is 11.3 Å². The van der Waals surface area contributed by atoms with Crippen LogP contribution in [0.25, 0.3) is 10.2 Å². The fourth-order valence-corrected chi connectivity index (χ4v) is 3.68. The van der Waals surface area contributed by atoms with Gasteiger partial charge in [0.15, 0.2) is 0 Å². The average Bonchev–Trinajstić information content (AvgIpc) is 3.00. The molecule has 1 N–H and O–H groups in total. The van der Waals surface area contributed by atoms with Crippen molar-refractivity contribution in [3.05, 3.63) is 17.8 Å². The van der Waals surface area contributed by atoms with Gasteiger partial charge < -0.3 is 10.2 Å². The van der Waals surface area contributed by atoms with Crippen molar-refractivity contribution in [1.29, 1.82) is 0 Å². The van der Waals surface area contributed by atoms with Crippen molar-refractivity contribution in [3.8, 4) is 0 Å². The molecule has 0 bridgehead atoms. The molecule has 2 aromatic rings. The van der Waals surface area contributed by atoms with E-state index in [0.29, 0.717) is 5.92 Å². The van der Waals surface area contributed by atoms with Crippen LogP contribution in [0.4, 0.5) is 5.82 Å². The molecular formula is C17H24N4OS. The molecule has 124 valence electrons. The lowest BCUT2D eigenvalue weighted by Gasteiger charge is -2.34. The van der Waals surface area contributed by atoms with Crippen LogP contribution in [-0.2, 0) is 4.79 Å². The van der Waals surface area contributed by atoms with Gasteiger partial charge in [-0.15, -0.1) is 11.3 Å². The topological polar surface area (TPSA) is 58.1 Å². The molecule has 0 radical (unpaired) electrons. The molecule has 3 rings (SSSR count). The Labute approximate surface area is 141 Å². The van der Waals surface area contributed by atoms with E-state index in [2.05, 4.69) is 31.6 Å². The van der Waals surface area contributed by atoms with Crippen LogP contribution in [0, 0.1) is 11.3 Å². The van der Waals surface area contributed by atoms with Crippen molar-refractivity contribution in [2.75, 3.05) is 24.5 Å². The predicted octanol–water partition coefficient (Wildman–Crippen LogP) is 3.07. The summed E-state index contributed by atoms with van der Waals surface area (Å²) < 4.78 is 0. The maximum Gasteiger partial charge on any atom is 0.225 e. The monoisotopic (exact) mass is 332 g/mol. The molecule has 1 saturated heterocycles. The number of thiophene rings is 1. The maximum absolute atomic E-state index is 12.1. The van der Waals surface area contributed by atoms with Crippen LogP contribution in [0.5, 0.6) is 0 Å². The second-order valence-corrected chi connectivity index (χ2v) is 8.15. The summed E-state index contributed by atoms with van der Waals surface area (Å²) in [5.74, 6) is 1.62. The van der Waals surface area contributed by atoms with Crippen LogP contribution in [0.3, 0.4) is 0 Å². The number of carbonyl (C=O) groups is 1. The van der Waals surface area contributed by atoms with E-state index in [1.165, 1.54) is 0 Å². The molecule has 2 aromatic heterocycles. The fourth-order valence-electron chi connectivity index (χ4n) is 2.96. The van der Waals surface area contributed by atoms with Crippen LogP contribution < -0.4 is 10.2 Å². The summed E-state index contributed by atoms with van der Waals surface area (Å²) in [6, 6.07) is 2.10. The van der Waals surface area contributed by atoms with E-state index in [9.17, 15) is 4.79 Å². The summed E-state index contributed by atoms with van der Waals surface area (Å²) in [6.45, 7) is 8.54. The van der Waals surface area contributed by atoms with Crippen molar-refractivity contribution in [3.63, 3.8) is 0 Å². The van der Waals surface area contributed by atoms with Gasteiger partial charge >= 0.3 is 0 Å². The third-order valence-electron chi connectivity index (χ3n) is 4.29. The number of carbonyl (C=O) groups excluding carboxylic acids is 1. The number of fused-ring (bicyclic) bond motifs is 1. The number of rotatable bonds is 3. The van der Waals surface area contributed by atoms with Gasteiger partial charge in [0.1, 0.15) is 17.0 Å². The lowest BCUT2D eigenvalue weighted by atomic mass is 9.94. The maximum atomic E-state index is 12.1. The van der Waals surface area contributed by atoms with Crippen molar-refractivity contribution in [2.24, 2.45) is 11.3 Å². The van der Waals surface area contributed by atoms with E-state index in [0.717, 1.165) is 48.5 Å². The minimum absolute atomic E-state index is 0.122. The first-order chi connectivity index (χ1) is 10.9. The van der Waals surface area contributed by atoms with Gasteiger partial charge in [-0.05, 0) is 30.2 Å². The SMILES string of the molecule is CC(C)(C)C(=O)NCC1CCCN(c2ncnc3sccc23)C1. The van der Waals surface area contributed by atoms with Gasteiger partial charge in [-0.2, -0.15) is 0 Å². The lowest BCUT2D eigenvalue weighted by molar-refractivity contribution is -0.128. The number of hydrogen-bond donors (Lipinski definition) is 1. The summed E-state index contributed by atoms with van der Waals surface area (Å²) in [7, 11) is 0. The van der Waals surface area contributed by atoms with Crippen molar-refractivity contribution in [1.82, 2.24) is 15.3 Å². The lowest BCUT2D eigenvalue weighted by Crippen LogP contribution is -2.43. The Morgan fingerprint density at radius 3 is 3.04 bits per heavy atom. The Morgan fingerprint density at radius 1 is 1.43 bits per heavy atom. The third-order valence-corrected chi connectivity index (χ3v) is 5.11. The Hall–Kier alpha value is -1.69. The molecule has 0 aliphatic carbocycles. The van der Waals surface area contributed by atoms with E-state index >= 15 is 0 Å². The first-order valence-electron chi connectivity index (χ1n) is 8.16. The average molecular weight is 332 g/mol. The molecule has 1 fully saturated rings. The molecule has 6 heteroatoms. The largest absolute Gasteiger partial charge is 0.356 e. The van der Waals surface area contributed by atoms with Crippen LogP contribution in [0.15, 0.2) is 17.8 Å². The zero-order valence-electron chi connectivity index (χ0n) is 14.0. The minimum Gasteiger partial charge on any atom is -0.356 e. The number of nitrogens with one attached hydrogen (secondary N) is 1. The smallest absolute Gasteiger partial charge is 0.225 e. The van der Waals surface area contributed by atoms with Gasteiger partial charge in [-0.1, -0.05) is 20.8 Å². The van der Waals surface area contributed by atoms with Gasteiger partial charge in [0.2, 0.25) is 5.91 Å². The molecular weight excluding hydrogens is 308 g/mol. The van der Waals surface area contributed by atoms with Gasteiger partial charge in [0.25, 0.3) is 0 Å². The number of anilines is 1. The highest BCUT2D eigenvalue weighted by atomic mass is 32.1.